The Morgan fingerprint density at radius 3 is 2.55 bits per heavy atom. The van der Waals surface area contributed by atoms with Crippen LogP contribution in [-0.4, -0.2) is 58.5 Å². The minimum absolute atomic E-state index is 0.00690. The normalized spacial score (nSPS) is 30.9. The number of amides is 2. The molecule has 3 atom stereocenters. The molecular formula is C15H26N2O3. The van der Waals surface area contributed by atoms with E-state index in [4.69, 9.17) is 0 Å². The molecule has 0 spiro atoms. The van der Waals surface area contributed by atoms with Gasteiger partial charge in [-0.1, -0.05) is 12.8 Å². The fraction of sp³-hybridized carbons (Fsp3) is 0.867. The quantitative estimate of drug-likeness (QED) is 0.840. The number of aliphatic hydroxyl groups excluding tert-OH is 1. The molecule has 20 heavy (non-hydrogen) atoms. The molecule has 2 amide bonds. The Bertz CT molecular complexity index is 383. The van der Waals surface area contributed by atoms with E-state index in [1.54, 1.807) is 16.8 Å². The van der Waals surface area contributed by atoms with Crippen LogP contribution in [0.3, 0.4) is 0 Å². The van der Waals surface area contributed by atoms with Crippen molar-refractivity contribution < 1.29 is 14.7 Å². The van der Waals surface area contributed by atoms with Crippen LogP contribution < -0.4 is 0 Å². The summed E-state index contributed by atoms with van der Waals surface area (Å²) in [6.07, 6.45) is 3.60. The van der Waals surface area contributed by atoms with E-state index >= 15 is 0 Å². The van der Waals surface area contributed by atoms with Crippen LogP contribution in [0.15, 0.2) is 0 Å². The molecule has 5 nitrogen and oxygen atoms in total. The van der Waals surface area contributed by atoms with Crippen molar-refractivity contribution >= 4 is 11.8 Å². The summed E-state index contributed by atoms with van der Waals surface area (Å²) in [6.45, 7) is 4.46. The Morgan fingerprint density at radius 2 is 2.00 bits per heavy atom. The van der Waals surface area contributed by atoms with Crippen molar-refractivity contribution in [2.24, 2.45) is 5.92 Å². The van der Waals surface area contributed by atoms with Gasteiger partial charge in [0.25, 0.3) is 0 Å². The highest BCUT2D eigenvalue weighted by Gasteiger charge is 2.39. The van der Waals surface area contributed by atoms with Crippen LogP contribution in [0, 0.1) is 5.92 Å². The number of likely N-dealkylation sites (N-methyl/N-ethyl adjacent to an activating group) is 1. The minimum Gasteiger partial charge on any atom is -0.391 e. The van der Waals surface area contributed by atoms with E-state index in [0.29, 0.717) is 13.0 Å². The standard InChI is InChI=1S/C15H26N2O3/c1-10(2)17-9-11(8-14(17)19)15(20)16(3)12-6-4-5-7-13(12)18/h10-13,18H,4-9H2,1-3H3. The van der Waals surface area contributed by atoms with Crippen LogP contribution in [0.5, 0.6) is 0 Å². The average molecular weight is 282 g/mol. The molecule has 2 rings (SSSR count). The molecule has 1 saturated heterocycles. The molecule has 3 unspecified atom stereocenters. The lowest BCUT2D eigenvalue weighted by Gasteiger charge is -2.36. The van der Waals surface area contributed by atoms with Gasteiger partial charge >= 0.3 is 0 Å². The zero-order valence-electron chi connectivity index (χ0n) is 12.7. The van der Waals surface area contributed by atoms with Gasteiger partial charge in [-0.2, -0.15) is 0 Å². The maximum Gasteiger partial charge on any atom is 0.228 e. The van der Waals surface area contributed by atoms with Gasteiger partial charge in [0, 0.05) is 26.1 Å². The van der Waals surface area contributed by atoms with Crippen LogP contribution in [0.4, 0.5) is 0 Å². The first kappa shape index (κ1) is 15.3. The molecule has 2 aliphatic rings. The van der Waals surface area contributed by atoms with Crippen molar-refractivity contribution in [1.29, 1.82) is 0 Å². The fourth-order valence-electron chi connectivity index (χ4n) is 3.39. The highest BCUT2D eigenvalue weighted by Crippen LogP contribution is 2.27. The maximum atomic E-state index is 12.5. The van der Waals surface area contributed by atoms with Gasteiger partial charge in [0.05, 0.1) is 18.1 Å². The summed E-state index contributed by atoms with van der Waals surface area (Å²) < 4.78 is 0. The highest BCUT2D eigenvalue weighted by molar-refractivity contribution is 5.89. The Labute approximate surface area is 120 Å². The van der Waals surface area contributed by atoms with Crippen LogP contribution >= 0.6 is 0 Å². The first-order valence-electron chi connectivity index (χ1n) is 7.66. The molecule has 0 aromatic heterocycles. The molecular weight excluding hydrogens is 256 g/mol. The van der Waals surface area contributed by atoms with Crippen LogP contribution in [0.1, 0.15) is 46.0 Å². The lowest BCUT2D eigenvalue weighted by atomic mass is 9.91. The second-order valence-corrected chi connectivity index (χ2v) is 6.41. The van der Waals surface area contributed by atoms with Gasteiger partial charge in [-0.25, -0.2) is 0 Å². The van der Waals surface area contributed by atoms with Crippen LogP contribution in [0.25, 0.3) is 0 Å². The number of aliphatic hydroxyl groups is 1. The van der Waals surface area contributed by atoms with Gasteiger partial charge < -0.3 is 14.9 Å². The van der Waals surface area contributed by atoms with E-state index in [1.165, 1.54) is 0 Å². The van der Waals surface area contributed by atoms with Crippen molar-refractivity contribution in [2.45, 2.75) is 64.1 Å². The smallest absolute Gasteiger partial charge is 0.228 e. The Hall–Kier alpha value is -1.10. The largest absolute Gasteiger partial charge is 0.391 e. The molecule has 2 fully saturated rings. The molecule has 0 bridgehead atoms. The summed E-state index contributed by atoms with van der Waals surface area (Å²) in [5.41, 5.74) is 0. The van der Waals surface area contributed by atoms with E-state index < -0.39 is 6.10 Å². The second-order valence-electron chi connectivity index (χ2n) is 6.41. The van der Waals surface area contributed by atoms with Gasteiger partial charge in [-0.15, -0.1) is 0 Å². The molecule has 0 aromatic carbocycles. The third-order valence-electron chi connectivity index (χ3n) is 4.67. The highest BCUT2D eigenvalue weighted by atomic mass is 16.3. The molecule has 1 saturated carbocycles. The number of rotatable bonds is 3. The lowest BCUT2D eigenvalue weighted by Crippen LogP contribution is -2.48. The van der Waals surface area contributed by atoms with Gasteiger partial charge in [-0.3, -0.25) is 9.59 Å². The summed E-state index contributed by atoms with van der Waals surface area (Å²) >= 11 is 0. The summed E-state index contributed by atoms with van der Waals surface area (Å²) in [6, 6.07) is 0.0605. The van der Waals surface area contributed by atoms with Crippen molar-refractivity contribution in [3.05, 3.63) is 0 Å². The molecule has 5 heteroatoms. The molecule has 114 valence electrons. The molecule has 0 radical (unpaired) electrons. The van der Waals surface area contributed by atoms with Crippen LogP contribution in [0.2, 0.25) is 0 Å². The first-order chi connectivity index (χ1) is 9.41. The number of nitrogens with zero attached hydrogens (tertiary/aromatic N) is 2. The monoisotopic (exact) mass is 282 g/mol. The number of hydrogen-bond acceptors (Lipinski definition) is 3. The SMILES string of the molecule is CC(C)N1CC(C(=O)N(C)C2CCCCC2O)CC1=O. The summed E-state index contributed by atoms with van der Waals surface area (Å²) in [4.78, 5) is 27.9. The van der Waals surface area contributed by atoms with E-state index in [2.05, 4.69) is 0 Å². The third kappa shape index (κ3) is 2.97. The van der Waals surface area contributed by atoms with E-state index in [1.807, 2.05) is 13.8 Å². The number of hydrogen-bond donors (Lipinski definition) is 1. The van der Waals surface area contributed by atoms with Crippen molar-refractivity contribution in [3.63, 3.8) is 0 Å². The van der Waals surface area contributed by atoms with Crippen molar-refractivity contribution in [3.8, 4) is 0 Å². The van der Waals surface area contributed by atoms with Crippen molar-refractivity contribution in [2.75, 3.05) is 13.6 Å². The van der Waals surface area contributed by atoms with E-state index in [0.717, 1.165) is 25.7 Å². The second kappa shape index (κ2) is 6.12. The molecule has 1 aliphatic carbocycles. The Morgan fingerprint density at radius 1 is 1.35 bits per heavy atom. The third-order valence-corrected chi connectivity index (χ3v) is 4.67. The van der Waals surface area contributed by atoms with Crippen LogP contribution in [-0.2, 0) is 9.59 Å². The summed E-state index contributed by atoms with van der Waals surface area (Å²) in [5.74, 6) is -0.174. The van der Waals surface area contributed by atoms with Crippen molar-refractivity contribution in [1.82, 2.24) is 9.80 Å². The summed E-state index contributed by atoms with van der Waals surface area (Å²) in [7, 11) is 1.77. The minimum atomic E-state index is -0.420. The first-order valence-corrected chi connectivity index (χ1v) is 7.66. The Balaban J connectivity index is 1.99. The van der Waals surface area contributed by atoms with E-state index in [9.17, 15) is 14.7 Å². The average Bonchev–Trinajstić information content (AvgIpc) is 2.80. The van der Waals surface area contributed by atoms with Gasteiger partial charge in [0.2, 0.25) is 11.8 Å². The number of likely N-dealkylation sites (tertiary alicyclic amines) is 1. The zero-order valence-corrected chi connectivity index (χ0v) is 12.7. The number of carbonyl (C=O) groups excluding carboxylic acids is 2. The zero-order chi connectivity index (χ0) is 14.9. The molecule has 0 aromatic rings. The topological polar surface area (TPSA) is 60.9 Å². The fourth-order valence-corrected chi connectivity index (χ4v) is 3.39. The molecule has 1 heterocycles. The summed E-state index contributed by atoms with van der Waals surface area (Å²) in [5, 5.41) is 10.1. The lowest BCUT2D eigenvalue weighted by molar-refractivity contribution is -0.139. The van der Waals surface area contributed by atoms with E-state index in [-0.39, 0.29) is 29.8 Å². The number of carbonyl (C=O) groups is 2. The van der Waals surface area contributed by atoms with Gasteiger partial charge in [-0.05, 0) is 26.7 Å². The molecule has 1 aliphatic heterocycles. The maximum absolute atomic E-state index is 12.5. The van der Waals surface area contributed by atoms with Gasteiger partial charge in [0.1, 0.15) is 0 Å². The Kier molecular flexibility index (Phi) is 4.68. The predicted octanol–water partition coefficient (Wildman–Crippen LogP) is 1.01. The van der Waals surface area contributed by atoms with Gasteiger partial charge in [0.15, 0.2) is 0 Å². The molecule has 1 N–H and O–H groups in total. The predicted molar refractivity (Wildman–Crippen MR) is 76.0 cm³/mol.